The Morgan fingerprint density at radius 3 is 2.17 bits per heavy atom. The second kappa shape index (κ2) is 4.25. The van der Waals surface area contributed by atoms with Crippen molar-refractivity contribution in [2.45, 2.75) is 0 Å². The molecule has 1 aliphatic rings. The van der Waals surface area contributed by atoms with Gasteiger partial charge >= 0.3 is 0 Å². The monoisotopic (exact) mass is 196 g/mol. The molecule has 0 radical (unpaired) electrons. The first-order valence-corrected chi connectivity index (χ1v) is 5.33. The van der Waals surface area contributed by atoms with Gasteiger partial charge in [-0.15, -0.1) is 0 Å². The van der Waals surface area contributed by atoms with Gasteiger partial charge < -0.3 is 9.22 Å². The maximum absolute atomic E-state index is 8.96. The topological polar surface area (TPSA) is 29.5 Å². The second-order valence-electron chi connectivity index (χ2n) is 2.53. The van der Waals surface area contributed by atoms with Gasteiger partial charge in [0.2, 0.25) is 0 Å². The molecule has 0 aliphatic heterocycles. The van der Waals surface area contributed by atoms with Crippen molar-refractivity contribution in [1.82, 2.24) is 0 Å². The van der Waals surface area contributed by atoms with Crippen LogP contribution >= 0.6 is 0 Å². The van der Waals surface area contributed by atoms with Crippen LogP contribution in [0.25, 0.3) is 11.8 Å². The van der Waals surface area contributed by atoms with Gasteiger partial charge in [-0.2, -0.15) is 0 Å². The first kappa shape index (κ1) is 9.24. The van der Waals surface area contributed by atoms with E-state index in [2.05, 4.69) is 4.12 Å². The Labute approximate surface area is 78.0 Å². The second-order valence-corrected chi connectivity index (χ2v) is 5.79. The van der Waals surface area contributed by atoms with Crippen molar-refractivity contribution in [2.24, 2.45) is 0 Å². The lowest BCUT2D eigenvalue weighted by molar-refractivity contribution is 0.511. The molecule has 0 saturated carbocycles. The summed E-state index contributed by atoms with van der Waals surface area (Å²) in [5.41, 5.74) is 2.10. The van der Waals surface area contributed by atoms with Gasteiger partial charge in [0.1, 0.15) is 26.7 Å². The van der Waals surface area contributed by atoms with Crippen molar-refractivity contribution in [2.75, 3.05) is 0 Å². The van der Waals surface area contributed by atoms with Crippen LogP contribution in [0.15, 0.2) is 24.3 Å². The largest absolute Gasteiger partial charge is 0.507 e. The van der Waals surface area contributed by atoms with Crippen molar-refractivity contribution in [3.63, 3.8) is 0 Å². The van der Waals surface area contributed by atoms with Crippen LogP contribution in [0.2, 0.25) is 0 Å². The Kier molecular flexibility index (Phi) is 3.27. The van der Waals surface area contributed by atoms with Crippen molar-refractivity contribution in [1.29, 1.82) is 0 Å². The molecule has 64 valence electrons. The lowest BCUT2D eigenvalue weighted by Crippen LogP contribution is -1.95. The molecule has 0 saturated heterocycles. The summed E-state index contributed by atoms with van der Waals surface area (Å²) in [5.74, 6) is 0.408. The molecular formula is C8H12O2Si2. The zero-order valence-electron chi connectivity index (χ0n) is 7.24. The SMILES string of the molecule is OC1=Cc2ccccc21.[SiH3]O[SiH3]. The molecule has 0 spiro atoms. The van der Waals surface area contributed by atoms with Crippen LogP contribution in [0.3, 0.4) is 0 Å². The van der Waals surface area contributed by atoms with Crippen molar-refractivity contribution < 1.29 is 9.22 Å². The number of hydrogen-bond donors (Lipinski definition) is 1. The van der Waals surface area contributed by atoms with E-state index in [1.165, 1.54) is 0 Å². The maximum atomic E-state index is 8.96. The van der Waals surface area contributed by atoms with E-state index >= 15 is 0 Å². The predicted octanol–water partition coefficient (Wildman–Crippen LogP) is -0.380. The molecule has 1 N–H and O–H groups in total. The summed E-state index contributed by atoms with van der Waals surface area (Å²) in [6, 6.07) is 7.77. The fraction of sp³-hybridized carbons (Fsp3) is 0. The summed E-state index contributed by atoms with van der Waals surface area (Å²) < 4.78 is 4.53. The molecule has 12 heavy (non-hydrogen) atoms. The minimum Gasteiger partial charge on any atom is -0.507 e. The highest BCUT2D eigenvalue weighted by Gasteiger charge is 2.12. The maximum Gasteiger partial charge on any atom is 0.129 e. The highest BCUT2D eigenvalue weighted by Crippen LogP contribution is 2.28. The minimum absolute atomic E-state index is 0.408. The summed E-state index contributed by atoms with van der Waals surface area (Å²) in [4.78, 5) is 0. The van der Waals surface area contributed by atoms with Gasteiger partial charge in [-0.05, 0) is 11.6 Å². The molecule has 1 aliphatic carbocycles. The van der Waals surface area contributed by atoms with Gasteiger partial charge in [0.25, 0.3) is 0 Å². The highest BCUT2D eigenvalue weighted by atomic mass is 28.3. The normalized spacial score (nSPS) is 12.2. The van der Waals surface area contributed by atoms with Crippen LogP contribution in [-0.2, 0) is 4.12 Å². The molecule has 2 rings (SSSR count). The quantitative estimate of drug-likeness (QED) is 0.573. The molecule has 1 aromatic rings. The predicted molar refractivity (Wildman–Crippen MR) is 57.9 cm³/mol. The van der Waals surface area contributed by atoms with Gasteiger partial charge in [0.15, 0.2) is 0 Å². The summed E-state index contributed by atoms with van der Waals surface area (Å²) in [6.07, 6.45) is 1.76. The highest BCUT2D eigenvalue weighted by molar-refractivity contribution is 6.15. The van der Waals surface area contributed by atoms with Crippen molar-refractivity contribution >= 4 is 32.8 Å². The smallest absolute Gasteiger partial charge is 0.129 e. The first-order valence-electron chi connectivity index (χ1n) is 3.69. The van der Waals surface area contributed by atoms with Crippen LogP contribution in [0.4, 0.5) is 0 Å². The van der Waals surface area contributed by atoms with Crippen LogP contribution in [0.5, 0.6) is 0 Å². The number of hydrogen-bond acceptors (Lipinski definition) is 2. The average molecular weight is 196 g/mol. The Balaban J connectivity index is 0.000000213. The van der Waals surface area contributed by atoms with Crippen LogP contribution < -0.4 is 0 Å². The van der Waals surface area contributed by atoms with Gasteiger partial charge in [0.05, 0.1) is 0 Å². The fourth-order valence-electron chi connectivity index (χ4n) is 1.00. The summed E-state index contributed by atoms with van der Waals surface area (Å²) in [7, 11) is 1.86. The summed E-state index contributed by atoms with van der Waals surface area (Å²) in [6.45, 7) is 0. The molecule has 0 atom stereocenters. The zero-order valence-corrected chi connectivity index (χ0v) is 11.2. The van der Waals surface area contributed by atoms with Crippen molar-refractivity contribution in [3.8, 4) is 0 Å². The molecule has 0 heterocycles. The number of aliphatic hydroxyl groups excluding tert-OH is 1. The Morgan fingerprint density at radius 1 is 1.17 bits per heavy atom. The third-order valence-corrected chi connectivity index (χ3v) is 1.53. The number of benzene rings is 1. The minimum atomic E-state index is 0.408. The first-order chi connectivity index (χ1) is 5.79. The fourth-order valence-corrected chi connectivity index (χ4v) is 1.00. The molecular weight excluding hydrogens is 184 g/mol. The molecule has 1 aromatic carbocycles. The molecule has 0 fully saturated rings. The molecule has 0 unspecified atom stereocenters. The number of aliphatic hydroxyl groups is 1. The van der Waals surface area contributed by atoms with E-state index in [4.69, 9.17) is 5.11 Å². The van der Waals surface area contributed by atoms with Crippen molar-refractivity contribution in [3.05, 3.63) is 35.4 Å². The van der Waals surface area contributed by atoms with E-state index in [0.717, 1.165) is 32.1 Å². The summed E-state index contributed by atoms with van der Waals surface area (Å²) in [5, 5.41) is 8.96. The van der Waals surface area contributed by atoms with Crippen LogP contribution in [0, 0.1) is 0 Å². The standard InChI is InChI=1S/C8H6O.H6OSi2/c9-8-5-6-3-1-2-4-7(6)8;2-1-3/h1-5,9H;2-3H3. The van der Waals surface area contributed by atoms with E-state index in [-0.39, 0.29) is 0 Å². The molecule has 0 amide bonds. The van der Waals surface area contributed by atoms with Gasteiger partial charge in [-0.25, -0.2) is 0 Å². The van der Waals surface area contributed by atoms with Gasteiger partial charge in [-0.3, -0.25) is 0 Å². The average Bonchev–Trinajstić information content (AvgIpc) is 2.04. The summed E-state index contributed by atoms with van der Waals surface area (Å²) >= 11 is 0. The lowest BCUT2D eigenvalue weighted by Gasteiger charge is -2.12. The van der Waals surface area contributed by atoms with E-state index in [1.54, 1.807) is 6.08 Å². The Bertz CT molecular complexity index is 297. The molecule has 2 nitrogen and oxygen atoms in total. The Hall–Kier alpha value is -0.846. The van der Waals surface area contributed by atoms with Gasteiger partial charge in [-0.1, -0.05) is 24.3 Å². The van der Waals surface area contributed by atoms with Crippen LogP contribution in [0.1, 0.15) is 11.1 Å². The van der Waals surface area contributed by atoms with Gasteiger partial charge in [0, 0.05) is 5.56 Å². The van der Waals surface area contributed by atoms with E-state index in [1.807, 2.05) is 24.3 Å². The van der Waals surface area contributed by atoms with Crippen LogP contribution in [-0.4, -0.2) is 26.1 Å². The van der Waals surface area contributed by atoms with E-state index in [9.17, 15) is 0 Å². The molecule has 0 bridgehead atoms. The lowest BCUT2D eigenvalue weighted by atomic mass is 9.96. The number of rotatable bonds is 0. The third kappa shape index (κ3) is 1.85. The van der Waals surface area contributed by atoms with E-state index < -0.39 is 0 Å². The molecule has 0 aromatic heterocycles. The van der Waals surface area contributed by atoms with E-state index in [0.29, 0.717) is 5.76 Å². The third-order valence-electron chi connectivity index (χ3n) is 1.53. The number of fused-ring (bicyclic) bond motifs is 1. The zero-order chi connectivity index (χ0) is 8.97. The molecule has 4 heteroatoms. The Morgan fingerprint density at radius 2 is 1.75 bits per heavy atom.